The lowest BCUT2D eigenvalue weighted by molar-refractivity contribution is 0.475. The zero-order valence-electron chi connectivity index (χ0n) is 10.9. The van der Waals surface area contributed by atoms with Crippen LogP contribution in [0.5, 0.6) is 5.75 Å². The third-order valence-electron chi connectivity index (χ3n) is 2.83. The van der Waals surface area contributed by atoms with Gasteiger partial charge >= 0.3 is 0 Å². The minimum atomic E-state index is -3.81. The normalized spacial score (nSPS) is 11.4. The zero-order valence-corrected chi connectivity index (χ0v) is 14.9. The van der Waals surface area contributed by atoms with E-state index in [9.17, 15) is 13.5 Å². The van der Waals surface area contributed by atoms with E-state index in [4.69, 9.17) is 5.73 Å². The van der Waals surface area contributed by atoms with Crippen LogP contribution in [0.1, 0.15) is 0 Å². The van der Waals surface area contributed by atoms with Crippen molar-refractivity contribution in [3.8, 4) is 5.75 Å². The average molecular weight is 436 g/mol. The van der Waals surface area contributed by atoms with Crippen LogP contribution in [0.15, 0.2) is 50.2 Å². The molecule has 0 amide bonds. The first-order valence-corrected chi connectivity index (χ1v) is 8.78. The third-order valence-corrected chi connectivity index (χ3v) is 6.50. The van der Waals surface area contributed by atoms with Crippen LogP contribution >= 0.6 is 31.9 Å². The van der Waals surface area contributed by atoms with Gasteiger partial charge in [-0.05, 0) is 56.1 Å². The van der Waals surface area contributed by atoms with Crippen molar-refractivity contribution in [3.05, 3.63) is 45.3 Å². The van der Waals surface area contributed by atoms with Crippen molar-refractivity contribution < 1.29 is 13.5 Å². The molecule has 0 heterocycles. The minimum absolute atomic E-state index is 0.00927. The van der Waals surface area contributed by atoms with Crippen molar-refractivity contribution in [2.24, 2.45) is 0 Å². The van der Waals surface area contributed by atoms with E-state index in [2.05, 4.69) is 31.9 Å². The smallest absolute Gasteiger partial charge is 0.266 e. The Morgan fingerprint density at radius 3 is 2.24 bits per heavy atom. The number of hydrogen-bond donors (Lipinski definition) is 2. The minimum Gasteiger partial charge on any atom is -0.508 e. The summed E-state index contributed by atoms with van der Waals surface area (Å²) in [5, 5.41) is 9.49. The highest BCUT2D eigenvalue weighted by molar-refractivity contribution is 9.11. The lowest BCUT2D eigenvalue weighted by Gasteiger charge is -2.21. The predicted octanol–water partition coefficient (Wildman–Crippen LogP) is 3.32. The van der Waals surface area contributed by atoms with Crippen molar-refractivity contribution in [1.82, 2.24) is 0 Å². The summed E-state index contributed by atoms with van der Waals surface area (Å²) in [6.07, 6.45) is 0. The number of phenolic OH excluding ortho intramolecular Hbond substituents is 1. The maximum atomic E-state index is 12.7. The first-order chi connectivity index (χ1) is 9.73. The molecule has 0 saturated heterocycles. The van der Waals surface area contributed by atoms with Gasteiger partial charge in [-0.1, -0.05) is 6.07 Å². The SMILES string of the molecule is CN(c1cccc(O)c1)S(=O)(=O)c1c(Br)cc(N)cc1Br. The van der Waals surface area contributed by atoms with E-state index in [0.717, 1.165) is 4.31 Å². The number of halogens is 2. The standard InChI is InChI=1S/C13H12Br2N2O3S/c1-17(9-3-2-4-10(18)7-9)21(19,20)13-11(14)5-8(16)6-12(13)15/h2-7,18H,16H2,1H3. The van der Waals surface area contributed by atoms with Gasteiger partial charge in [-0.3, -0.25) is 4.31 Å². The van der Waals surface area contributed by atoms with Crippen molar-refractivity contribution in [1.29, 1.82) is 0 Å². The molecule has 0 aromatic heterocycles. The van der Waals surface area contributed by atoms with E-state index in [1.54, 1.807) is 12.1 Å². The molecule has 0 fully saturated rings. The highest BCUT2D eigenvalue weighted by atomic mass is 79.9. The van der Waals surface area contributed by atoms with Crippen molar-refractivity contribution >= 4 is 53.3 Å². The average Bonchev–Trinajstić information content (AvgIpc) is 2.36. The fourth-order valence-electron chi connectivity index (χ4n) is 1.79. The highest BCUT2D eigenvalue weighted by Gasteiger charge is 2.27. The molecule has 3 N–H and O–H groups in total. The highest BCUT2D eigenvalue weighted by Crippen LogP contribution is 2.35. The number of sulfonamides is 1. The number of nitrogens with two attached hydrogens (primary N) is 1. The van der Waals surface area contributed by atoms with Gasteiger partial charge in [0.2, 0.25) is 0 Å². The number of nitrogens with zero attached hydrogens (tertiary/aromatic N) is 1. The Labute approximate surface area is 139 Å². The second-order valence-corrected chi connectivity index (χ2v) is 7.92. The maximum Gasteiger partial charge on any atom is 0.266 e. The molecule has 0 aliphatic carbocycles. The number of aromatic hydroxyl groups is 1. The van der Waals surface area contributed by atoms with Crippen LogP contribution in [-0.4, -0.2) is 20.6 Å². The fraction of sp³-hybridized carbons (Fsp3) is 0.0769. The molecule has 0 aliphatic heterocycles. The van der Waals surface area contributed by atoms with Gasteiger partial charge in [0.1, 0.15) is 10.6 Å². The molecule has 0 aliphatic rings. The first-order valence-electron chi connectivity index (χ1n) is 5.76. The monoisotopic (exact) mass is 434 g/mol. The summed E-state index contributed by atoms with van der Waals surface area (Å²) in [5.41, 5.74) is 6.47. The molecule has 2 aromatic rings. The summed E-state index contributed by atoms with van der Waals surface area (Å²) in [6.45, 7) is 0. The Kier molecular flexibility index (Phi) is 4.50. The molecule has 0 saturated carbocycles. The molecule has 5 nitrogen and oxygen atoms in total. The summed E-state index contributed by atoms with van der Waals surface area (Å²) in [6, 6.07) is 9.05. The van der Waals surface area contributed by atoms with Gasteiger partial charge < -0.3 is 10.8 Å². The molecular weight excluding hydrogens is 424 g/mol. The fourth-order valence-corrected chi connectivity index (χ4v) is 5.52. The van der Waals surface area contributed by atoms with E-state index in [1.807, 2.05) is 0 Å². The molecule has 0 unspecified atom stereocenters. The molecular formula is C13H12Br2N2O3S. The van der Waals surface area contributed by atoms with E-state index in [0.29, 0.717) is 20.3 Å². The Morgan fingerprint density at radius 2 is 1.71 bits per heavy atom. The van der Waals surface area contributed by atoms with E-state index in [1.165, 1.54) is 31.3 Å². The number of anilines is 2. The van der Waals surface area contributed by atoms with Crippen LogP contribution < -0.4 is 10.0 Å². The Balaban J connectivity index is 2.57. The lowest BCUT2D eigenvalue weighted by atomic mass is 10.3. The van der Waals surface area contributed by atoms with Crippen LogP contribution in [0.4, 0.5) is 11.4 Å². The topological polar surface area (TPSA) is 83.6 Å². The van der Waals surface area contributed by atoms with E-state index in [-0.39, 0.29) is 10.6 Å². The molecule has 112 valence electrons. The van der Waals surface area contributed by atoms with Crippen LogP contribution in [0, 0.1) is 0 Å². The third kappa shape index (κ3) is 3.17. The van der Waals surface area contributed by atoms with Gasteiger partial charge in [0.25, 0.3) is 10.0 Å². The number of nitrogen functional groups attached to an aromatic ring is 1. The zero-order chi connectivity index (χ0) is 15.8. The van der Waals surface area contributed by atoms with Gasteiger partial charge in [0, 0.05) is 27.7 Å². The van der Waals surface area contributed by atoms with Crippen LogP contribution in [-0.2, 0) is 10.0 Å². The molecule has 0 spiro atoms. The van der Waals surface area contributed by atoms with Crippen LogP contribution in [0.25, 0.3) is 0 Å². The number of benzene rings is 2. The van der Waals surface area contributed by atoms with E-state index >= 15 is 0 Å². The van der Waals surface area contributed by atoms with Crippen molar-refractivity contribution in [2.45, 2.75) is 4.90 Å². The summed E-state index contributed by atoms with van der Waals surface area (Å²) >= 11 is 6.45. The second-order valence-electron chi connectivity index (χ2n) is 4.31. The van der Waals surface area contributed by atoms with Crippen LogP contribution in [0.3, 0.4) is 0 Å². The van der Waals surface area contributed by atoms with Gasteiger partial charge in [-0.25, -0.2) is 8.42 Å². The molecule has 2 aromatic carbocycles. The molecule has 0 atom stereocenters. The molecule has 21 heavy (non-hydrogen) atoms. The summed E-state index contributed by atoms with van der Waals surface area (Å²) in [5.74, 6) is -0.00927. The quantitative estimate of drug-likeness (QED) is 0.724. The van der Waals surface area contributed by atoms with Crippen molar-refractivity contribution in [2.75, 3.05) is 17.1 Å². The molecule has 0 radical (unpaired) electrons. The summed E-state index contributed by atoms with van der Waals surface area (Å²) < 4.78 is 27.3. The van der Waals surface area contributed by atoms with Gasteiger partial charge in [0.15, 0.2) is 0 Å². The van der Waals surface area contributed by atoms with Gasteiger partial charge in [-0.15, -0.1) is 0 Å². The number of hydrogen-bond acceptors (Lipinski definition) is 4. The van der Waals surface area contributed by atoms with Crippen LogP contribution in [0.2, 0.25) is 0 Å². The maximum absolute atomic E-state index is 12.7. The second kappa shape index (κ2) is 5.86. The van der Waals surface area contributed by atoms with Gasteiger partial charge in [-0.2, -0.15) is 0 Å². The summed E-state index contributed by atoms with van der Waals surface area (Å²) in [7, 11) is -2.40. The molecule has 0 bridgehead atoms. The Hall–Kier alpha value is -1.25. The number of phenols is 1. The summed E-state index contributed by atoms with van der Waals surface area (Å²) in [4.78, 5) is 0.0718. The van der Waals surface area contributed by atoms with Gasteiger partial charge in [0.05, 0.1) is 5.69 Å². The lowest BCUT2D eigenvalue weighted by Crippen LogP contribution is -2.27. The molecule has 8 heteroatoms. The molecule has 2 rings (SSSR count). The van der Waals surface area contributed by atoms with Crippen molar-refractivity contribution in [3.63, 3.8) is 0 Å². The predicted molar refractivity (Wildman–Crippen MR) is 90.0 cm³/mol. The number of rotatable bonds is 3. The Morgan fingerprint density at radius 1 is 1.14 bits per heavy atom. The Bertz CT molecular complexity index is 771. The first kappa shape index (κ1) is 16.1. The van der Waals surface area contributed by atoms with E-state index < -0.39 is 10.0 Å². The largest absolute Gasteiger partial charge is 0.508 e.